The fraction of sp³-hybridized carbons (Fsp3) is 0.462. The van der Waals surface area contributed by atoms with Crippen LogP contribution < -0.4 is 4.90 Å². The third kappa shape index (κ3) is 1.66. The number of benzene rings is 1. The Morgan fingerprint density at radius 2 is 2.25 bits per heavy atom. The molecule has 86 valence electrons. The normalized spacial score (nSPS) is 20.7. The molecule has 0 aliphatic carbocycles. The Balaban J connectivity index is 2.41. The molecule has 1 aliphatic heterocycles. The van der Waals surface area contributed by atoms with Gasteiger partial charge in [-0.1, -0.05) is 24.6 Å². The van der Waals surface area contributed by atoms with Crippen molar-refractivity contribution < 1.29 is 9.90 Å². The third-order valence-corrected chi connectivity index (χ3v) is 3.46. The van der Waals surface area contributed by atoms with Crippen LogP contribution in [0, 0.1) is 12.8 Å². The van der Waals surface area contributed by atoms with Crippen molar-refractivity contribution in [3.8, 4) is 0 Å². The molecule has 0 radical (unpaired) electrons. The van der Waals surface area contributed by atoms with Crippen LogP contribution in [0.25, 0.3) is 0 Å². The van der Waals surface area contributed by atoms with E-state index in [9.17, 15) is 4.79 Å². The largest absolute Gasteiger partial charge is 0.481 e. The zero-order valence-corrected chi connectivity index (χ0v) is 9.90. The molecule has 3 nitrogen and oxygen atoms in total. The highest BCUT2D eigenvalue weighted by atomic mass is 16.4. The highest BCUT2D eigenvalue weighted by Gasteiger charge is 2.33. The van der Waals surface area contributed by atoms with E-state index < -0.39 is 5.97 Å². The fourth-order valence-corrected chi connectivity index (χ4v) is 2.41. The molecule has 0 amide bonds. The fourth-order valence-electron chi connectivity index (χ4n) is 2.41. The summed E-state index contributed by atoms with van der Waals surface area (Å²) in [5.41, 5.74) is 3.54. The van der Waals surface area contributed by atoms with Crippen LogP contribution in [-0.2, 0) is 4.79 Å². The van der Waals surface area contributed by atoms with Gasteiger partial charge in [0.15, 0.2) is 0 Å². The zero-order chi connectivity index (χ0) is 11.9. The van der Waals surface area contributed by atoms with Crippen molar-refractivity contribution in [1.29, 1.82) is 0 Å². The number of carbonyl (C=O) groups is 1. The number of likely N-dealkylation sites (N-methyl/N-ethyl adjacent to an activating group) is 1. The molecule has 1 aliphatic rings. The molecule has 0 saturated heterocycles. The van der Waals surface area contributed by atoms with E-state index in [1.165, 1.54) is 16.8 Å². The van der Waals surface area contributed by atoms with Gasteiger partial charge in [0, 0.05) is 25.2 Å². The van der Waals surface area contributed by atoms with Crippen LogP contribution in [0.2, 0.25) is 0 Å². The molecule has 1 aromatic rings. The average molecular weight is 219 g/mol. The summed E-state index contributed by atoms with van der Waals surface area (Å²) in [6.07, 6.45) is 0. The van der Waals surface area contributed by atoms with E-state index in [1.807, 2.05) is 14.0 Å². The third-order valence-electron chi connectivity index (χ3n) is 3.46. The lowest BCUT2D eigenvalue weighted by atomic mass is 9.88. The minimum atomic E-state index is -0.715. The van der Waals surface area contributed by atoms with Crippen LogP contribution in [0.1, 0.15) is 24.0 Å². The van der Waals surface area contributed by atoms with Crippen molar-refractivity contribution in [2.45, 2.75) is 19.8 Å². The van der Waals surface area contributed by atoms with Crippen molar-refractivity contribution in [2.24, 2.45) is 5.92 Å². The molecule has 0 saturated carbocycles. The van der Waals surface area contributed by atoms with Crippen molar-refractivity contribution in [2.75, 3.05) is 18.5 Å². The van der Waals surface area contributed by atoms with Gasteiger partial charge in [-0.2, -0.15) is 0 Å². The number of hydrogen-bond acceptors (Lipinski definition) is 2. The Hall–Kier alpha value is -1.51. The number of carboxylic acids is 1. The predicted molar refractivity (Wildman–Crippen MR) is 64.0 cm³/mol. The van der Waals surface area contributed by atoms with Gasteiger partial charge < -0.3 is 10.0 Å². The highest BCUT2D eigenvalue weighted by Crippen LogP contribution is 2.39. The summed E-state index contributed by atoms with van der Waals surface area (Å²) in [6.45, 7) is 4.63. The van der Waals surface area contributed by atoms with Gasteiger partial charge >= 0.3 is 5.97 Å². The van der Waals surface area contributed by atoms with Crippen molar-refractivity contribution in [3.05, 3.63) is 29.3 Å². The Bertz CT molecular complexity index is 428. The predicted octanol–water partition coefficient (Wildman–Crippen LogP) is 2.25. The van der Waals surface area contributed by atoms with E-state index in [4.69, 9.17) is 5.11 Å². The van der Waals surface area contributed by atoms with Gasteiger partial charge in [0.05, 0.1) is 5.92 Å². The van der Waals surface area contributed by atoms with Gasteiger partial charge in [-0.25, -0.2) is 0 Å². The van der Waals surface area contributed by atoms with E-state index in [2.05, 4.69) is 23.1 Å². The van der Waals surface area contributed by atoms with Crippen LogP contribution in [0.4, 0.5) is 5.69 Å². The van der Waals surface area contributed by atoms with Gasteiger partial charge in [0.1, 0.15) is 0 Å². The highest BCUT2D eigenvalue weighted by molar-refractivity contribution is 5.73. The number of hydrogen-bond donors (Lipinski definition) is 1. The molecule has 1 heterocycles. The second-order valence-corrected chi connectivity index (χ2v) is 4.68. The van der Waals surface area contributed by atoms with Crippen molar-refractivity contribution >= 4 is 11.7 Å². The zero-order valence-electron chi connectivity index (χ0n) is 9.90. The van der Waals surface area contributed by atoms with Crippen LogP contribution in [0.15, 0.2) is 18.2 Å². The van der Waals surface area contributed by atoms with E-state index in [0.717, 1.165) is 6.54 Å². The Labute approximate surface area is 95.7 Å². The first-order chi connectivity index (χ1) is 7.50. The maximum absolute atomic E-state index is 11.1. The van der Waals surface area contributed by atoms with Crippen LogP contribution in [0.5, 0.6) is 0 Å². The standard InChI is InChI=1S/C13H17NO2/c1-8-4-5-12-10(6-8)11(7-14(12)3)9(2)13(15)16/h4-6,9,11H,7H2,1-3H3,(H,15,16). The monoisotopic (exact) mass is 219 g/mol. The summed E-state index contributed by atoms with van der Waals surface area (Å²) in [6, 6.07) is 6.27. The summed E-state index contributed by atoms with van der Waals surface area (Å²) in [5, 5.41) is 9.11. The first kappa shape index (κ1) is 11.0. The molecule has 16 heavy (non-hydrogen) atoms. The molecule has 2 rings (SSSR count). The molecule has 1 aromatic carbocycles. The Kier molecular flexibility index (Phi) is 2.62. The van der Waals surface area contributed by atoms with Crippen LogP contribution in [-0.4, -0.2) is 24.7 Å². The summed E-state index contributed by atoms with van der Waals surface area (Å²) in [7, 11) is 2.02. The lowest BCUT2D eigenvalue weighted by Crippen LogP contribution is -2.23. The van der Waals surface area contributed by atoms with Crippen LogP contribution >= 0.6 is 0 Å². The Morgan fingerprint density at radius 3 is 2.88 bits per heavy atom. The number of aliphatic carboxylic acids is 1. The quantitative estimate of drug-likeness (QED) is 0.829. The molecule has 2 unspecified atom stereocenters. The summed E-state index contributed by atoms with van der Waals surface area (Å²) in [4.78, 5) is 13.2. The van der Waals surface area contributed by atoms with Gasteiger partial charge in [-0.3, -0.25) is 4.79 Å². The van der Waals surface area contributed by atoms with Crippen molar-refractivity contribution in [3.63, 3.8) is 0 Å². The van der Waals surface area contributed by atoms with Gasteiger partial charge in [0.25, 0.3) is 0 Å². The number of rotatable bonds is 2. The molecule has 3 heteroatoms. The number of anilines is 1. The smallest absolute Gasteiger partial charge is 0.306 e. The van der Waals surface area contributed by atoms with Crippen molar-refractivity contribution in [1.82, 2.24) is 0 Å². The first-order valence-electron chi connectivity index (χ1n) is 5.55. The minimum absolute atomic E-state index is 0.109. The number of fused-ring (bicyclic) bond motifs is 1. The van der Waals surface area contributed by atoms with E-state index in [-0.39, 0.29) is 11.8 Å². The molecule has 1 N–H and O–H groups in total. The van der Waals surface area contributed by atoms with Gasteiger partial charge in [0.2, 0.25) is 0 Å². The van der Waals surface area contributed by atoms with Crippen LogP contribution in [0.3, 0.4) is 0 Å². The summed E-state index contributed by atoms with van der Waals surface area (Å²) >= 11 is 0. The number of carboxylic acid groups (broad SMARTS) is 1. The molecule has 0 bridgehead atoms. The minimum Gasteiger partial charge on any atom is -0.481 e. The molecular formula is C13H17NO2. The summed E-state index contributed by atoms with van der Waals surface area (Å²) < 4.78 is 0. The number of aryl methyl sites for hydroxylation is 1. The lowest BCUT2D eigenvalue weighted by molar-refractivity contribution is -0.141. The second kappa shape index (κ2) is 3.81. The maximum atomic E-state index is 11.1. The average Bonchev–Trinajstić information content (AvgIpc) is 2.54. The molecule has 0 fully saturated rings. The van der Waals surface area contributed by atoms with Gasteiger partial charge in [-0.15, -0.1) is 0 Å². The van der Waals surface area contributed by atoms with E-state index in [1.54, 1.807) is 6.92 Å². The molecule has 2 atom stereocenters. The maximum Gasteiger partial charge on any atom is 0.306 e. The van der Waals surface area contributed by atoms with E-state index in [0.29, 0.717) is 0 Å². The lowest BCUT2D eigenvalue weighted by Gasteiger charge is -2.16. The second-order valence-electron chi connectivity index (χ2n) is 4.68. The topological polar surface area (TPSA) is 40.5 Å². The SMILES string of the molecule is Cc1ccc2c(c1)C(C(C)C(=O)O)CN2C. The number of nitrogens with zero attached hydrogens (tertiary/aromatic N) is 1. The molecule has 0 aromatic heterocycles. The van der Waals surface area contributed by atoms with Gasteiger partial charge in [-0.05, 0) is 18.6 Å². The molecule has 0 spiro atoms. The molecular weight excluding hydrogens is 202 g/mol. The Morgan fingerprint density at radius 1 is 1.56 bits per heavy atom. The first-order valence-corrected chi connectivity index (χ1v) is 5.55. The van der Waals surface area contributed by atoms with E-state index >= 15 is 0 Å². The summed E-state index contributed by atoms with van der Waals surface area (Å²) in [5.74, 6) is -0.935.